The predicted molar refractivity (Wildman–Crippen MR) is 90.8 cm³/mol. The topological polar surface area (TPSA) is 44.0 Å². The fourth-order valence-electron chi connectivity index (χ4n) is 3.03. The summed E-state index contributed by atoms with van der Waals surface area (Å²) in [6.07, 6.45) is 2.32. The van der Waals surface area contributed by atoms with Crippen molar-refractivity contribution < 1.29 is 0 Å². The first kappa shape index (κ1) is 14.3. The highest BCUT2D eigenvalue weighted by Gasteiger charge is 2.25. The number of aryl methyl sites for hydroxylation is 2. The second-order valence-corrected chi connectivity index (χ2v) is 6.30. The molecule has 1 fully saturated rings. The molecule has 1 aromatic heterocycles. The lowest BCUT2D eigenvalue weighted by molar-refractivity contribution is 0.301. The van der Waals surface area contributed by atoms with Crippen molar-refractivity contribution in [3.8, 4) is 0 Å². The lowest BCUT2D eigenvalue weighted by atomic mass is 9.98. The van der Waals surface area contributed by atoms with Crippen LogP contribution in [0.3, 0.4) is 0 Å². The summed E-state index contributed by atoms with van der Waals surface area (Å²) in [5.41, 5.74) is 4.81. The van der Waals surface area contributed by atoms with Gasteiger partial charge in [-0.3, -0.25) is 0 Å². The van der Waals surface area contributed by atoms with Crippen molar-refractivity contribution in [2.24, 2.45) is 0 Å². The highest BCUT2D eigenvalue weighted by Crippen LogP contribution is 2.27. The Balaban J connectivity index is 1.87. The van der Waals surface area contributed by atoms with E-state index < -0.39 is 0 Å². The standard InChI is InChI=1S/C16H22N4S/c1-10-7-13-14(8-11(10)2)19-15(18-13)12-5-4-6-20(9-12)16(21)17-3/h7-8,12H,4-6,9H2,1-3H3,(H,17,21)(H,18,19). The van der Waals surface area contributed by atoms with Crippen LogP contribution < -0.4 is 5.32 Å². The van der Waals surface area contributed by atoms with Crippen molar-refractivity contribution in [2.75, 3.05) is 20.1 Å². The summed E-state index contributed by atoms with van der Waals surface area (Å²) in [5.74, 6) is 1.52. The van der Waals surface area contributed by atoms with Crippen molar-refractivity contribution in [1.82, 2.24) is 20.2 Å². The van der Waals surface area contributed by atoms with Crippen molar-refractivity contribution >= 4 is 28.4 Å². The van der Waals surface area contributed by atoms with Crippen LogP contribution >= 0.6 is 12.2 Å². The van der Waals surface area contributed by atoms with Crippen LogP contribution in [-0.2, 0) is 0 Å². The fourth-order valence-corrected chi connectivity index (χ4v) is 3.19. The van der Waals surface area contributed by atoms with Gasteiger partial charge in [-0.25, -0.2) is 4.98 Å². The van der Waals surface area contributed by atoms with Gasteiger partial charge in [0.05, 0.1) is 11.0 Å². The average molecular weight is 302 g/mol. The van der Waals surface area contributed by atoms with Crippen LogP contribution in [0.15, 0.2) is 12.1 Å². The molecule has 0 saturated carbocycles. The fraction of sp³-hybridized carbons (Fsp3) is 0.500. The molecule has 1 aliphatic heterocycles. The minimum Gasteiger partial charge on any atom is -0.366 e. The molecule has 21 heavy (non-hydrogen) atoms. The van der Waals surface area contributed by atoms with E-state index in [0.29, 0.717) is 5.92 Å². The maximum absolute atomic E-state index is 5.36. The number of benzene rings is 1. The molecule has 1 atom stereocenters. The first-order valence-corrected chi connectivity index (χ1v) is 7.93. The van der Waals surface area contributed by atoms with Crippen LogP contribution in [0.5, 0.6) is 0 Å². The third kappa shape index (κ3) is 2.75. The lowest BCUT2D eigenvalue weighted by Crippen LogP contribution is -2.43. The van der Waals surface area contributed by atoms with Gasteiger partial charge in [-0.15, -0.1) is 0 Å². The van der Waals surface area contributed by atoms with Gasteiger partial charge in [0, 0.05) is 26.1 Å². The normalized spacial score (nSPS) is 19.0. The van der Waals surface area contributed by atoms with Gasteiger partial charge in [0.25, 0.3) is 0 Å². The van der Waals surface area contributed by atoms with Crippen LogP contribution in [0, 0.1) is 13.8 Å². The van der Waals surface area contributed by atoms with Crippen LogP contribution in [0.25, 0.3) is 11.0 Å². The molecule has 2 aromatic rings. The highest BCUT2D eigenvalue weighted by atomic mass is 32.1. The van der Waals surface area contributed by atoms with Crippen molar-refractivity contribution in [2.45, 2.75) is 32.6 Å². The third-order valence-corrected chi connectivity index (χ3v) is 4.89. The molecule has 4 nitrogen and oxygen atoms in total. The van der Waals surface area contributed by atoms with Crippen molar-refractivity contribution in [3.05, 3.63) is 29.1 Å². The minimum absolute atomic E-state index is 0.429. The number of hydrogen-bond acceptors (Lipinski definition) is 2. The largest absolute Gasteiger partial charge is 0.366 e. The molecule has 1 unspecified atom stereocenters. The molecule has 1 aromatic carbocycles. The molecule has 1 saturated heterocycles. The monoisotopic (exact) mass is 302 g/mol. The molecule has 112 valence electrons. The molecule has 0 amide bonds. The Morgan fingerprint density at radius 1 is 1.38 bits per heavy atom. The van der Waals surface area contributed by atoms with E-state index in [1.165, 1.54) is 17.5 Å². The zero-order valence-electron chi connectivity index (χ0n) is 12.9. The van der Waals surface area contributed by atoms with E-state index in [-0.39, 0.29) is 0 Å². The number of likely N-dealkylation sites (tertiary alicyclic amines) is 1. The van der Waals surface area contributed by atoms with E-state index in [4.69, 9.17) is 17.2 Å². The summed E-state index contributed by atoms with van der Waals surface area (Å²) in [5, 5.41) is 3.91. The van der Waals surface area contributed by atoms with Crippen molar-refractivity contribution in [1.29, 1.82) is 0 Å². The maximum Gasteiger partial charge on any atom is 0.168 e. The molecule has 3 rings (SSSR count). The molecular formula is C16H22N4S. The number of piperidine rings is 1. The SMILES string of the molecule is CNC(=S)N1CCCC(c2nc3cc(C)c(C)cc3[nH]2)C1. The van der Waals surface area contributed by atoms with Gasteiger partial charge < -0.3 is 15.2 Å². The summed E-state index contributed by atoms with van der Waals surface area (Å²) < 4.78 is 0. The number of H-pyrrole nitrogens is 1. The van der Waals surface area contributed by atoms with E-state index in [9.17, 15) is 0 Å². The van der Waals surface area contributed by atoms with Crippen LogP contribution in [0.1, 0.15) is 35.7 Å². The summed E-state index contributed by atoms with van der Waals surface area (Å²) in [6.45, 7) is 6.26. The second-order valence-electron chi connectivity index (χ2n) is 5.92. The molecule has 1 aliphatic rings. The Bertz CT molecular complexity index is 637. The van der Waals surface area contributed by atoms with Gasteiger partial charge in [0.15, 0.2) is 5.11 Å². The summed E-state index contributed by atoms with van der Waals surface area (Å²) in [4.78, 5) is 10.6. The molecular weight excluding hydrogens is 280 g/mol. The third-order valence-electron chi connectivity index (χ3n) is 4.42. The quantitative estimate of drug-likeness (QED) is 0.795. The van der Waals surface area contributed by atoms with Gasteiger partial charge >= 0.3 is 0 Å². The van der Waals surface area contributed by atoms with Gasteiger partial charge in [0.2, 0.25) is 0 Å². The Morgan fingerprint density at radius 3 is 2.90 bits per heavy atom. The Kier molecular flexibility index (Phi) is 3.85. The van der Waals surface area contributed by atoms with Gasteiger partial charge in [-0.2, -0.15) is 0 Å². The Hall–Kier alpha value is -1.62. The number of fused-ring (bicyclic) bond motifs is 1. The van der Waals surface area contributed by atoms with Crippen LogP contribution in [0.4, 0.5) is 0 Å². The molecule has 0 bridgehead atoms. The first-order valence-electron chi connectivity index (χ1n) is 7.52. The van der Waals surface area contributed by atoms with E-state index in [1.54, 1.807) is 0 Å². The highest BCUT2D eigenvalue weighted by molar-refractivity contribution is 7.80. The van der Waals surface area contributed by atoms with Gasteiger partial charge in [0.1, 0.15) is 5.82 Å². The number of aromatic amines is 1. The molecule has 0 spiro atoms. The van der Waals surface area contributed by atoms with E-state index in [0.717, 1.165) is 41.5 Å². The number of aromatic nitrogens is 2. The average Bonchev–Trinajstić information content (AvgIpc) is 2.90. The summed E-state index contributed by atoms with van der Waals surface area (Å²) >= 11 is 5.36. The number of thiocarbonyl (C=S) groups is 1. The second kappa shape index (κ2) is 5.64. The first-order chi connectivity index (χ1) is 10.1. The molecule has 2 heterocycles. The minimum atomic E-state index is 0.429. The zero-order chi connectivity index (χ0) is 15.0. The Labute approximate surface area is 130 Å². The van der Waals surface area contributed by atoms with Crippen molar-refractivity contribution in [3.63, 3.8) is 0 Å². The molecule has 5 heteroatoms. The van der Waals surface area contributed by atoms with Crippen LogP contribution in [-0.4, -0.2) is 40.1 Å². The van der Waals surface area contributed by atoms with Gasteiger partial charge in [-0.05, 0) is 62.2 Å². The van der Waals surface area contributed by atoms with Crippen LogP contribution in [0.2, 0.25) is 0 Å². The number of nitrogens with zero attached hydrogens (tertiary/aromatic N) is 2. The van der Waals surface area contributed by atoms with E-state index >= 15 is 0 Å². The molecule has 2 N–H and O–H groups in total. The molecule has 0 aliphatic carbocycles. The van der Waals surface area contributed by atoms with E-state index in [2.05, 4.69) is 41.2 Å². The Morgan fingerprint density at radius 2 is 2.14 bits per heavy atom. The number of hydrogen-bond donors (Lipinski definition) is 2. The maximum atomic E-state index is 5.36. The molecule has 0 radical (unpaired) electrons. The predicted octanol–water partition coefficient (Wildman–Crippen LogP) is 2.86. The number of nitrogens with one attached hydrogen (secondary N) is 2. The van der Waals surface area contributed by atoms with E-state index in [1.807, 2.05) is 7.05 Å². The smallest absolute Gasteiger partial charge is 0.168 e. The zero-order valence-corrected chi connectivity index (χ0v) is 13.7. The number of rotatable bonds is 1. The summed E-state index contributed by atoms with van der Waals surface area (Å²) in [6, 6.07) is 4.36. The lowest BCUT2D eigenvalue weighted by Gasteiger charge is -2.33. The van der Waals surface area contributed by atoms with Gasteiger partial charge in [-0.1, -0.05) is 0 Å². The number of imidazole rings is 1. The summed E-state index contributed by atoms with van der Waals surface area (Å²) in [7, 11) is 1.89.